The second-order valence-corrected chi connectivity index (χ2v) is 6.60. The van der Waals surface area contributed by atoms with Crippen LogP contribution in [0.25, 0.3) is 0 Å². The minimum Gasteiger partial charge on any atom is -0.507 e. The van der Waals surface area contributed by atoms with Gasteiger partial charge < -0.3 is 20.8 Å². The molecule has 26 heavy (non-hydrogen) atoms. The minimum absolute atomic E-state index is 0.193. The van der Waals surface area contributed by atoms with Crippen molar-refractivity contribution in [3.8, 4) is 5.75 Å². The Morgan fingerprint density at radius 1 is 0.923 bits per heavy atom. The van der Waals surface area contributed by atoms with Crippen LogP contribution in [0, 0.1) is 0 Å². The fraction of sp³-hybridized carbons (Fsp3) is 0.600. The number of aromatic carboxylic acids is 1. The molecule has 0 spiro atoms. The maximum atomic E-state index is 11.8. The molecule has 1 aromatic carbocycles. The van der Waals surface area contributed by atoms with Crippen molar-refractivity contribution in [2.45, 2.75) is 71.1 Å². The van der Waals surface area contributed by atoms with Gasteiger partial charge in [-0.3, -0.25) is 0 Å². The second-order valence-electron chi connectivity index (χ2n) is 6.60. The van der Waals surface area contributed by atoms with E-state index in [0.717, 1.165) is 12.8 Å². The molecule has 4 N–H and O–H groups in total. The summed E-state index contributed by atoms with van der Waals surface area (Å²) in [5, 5.41) is 23.8. The molecule has 0 saturated heterocycles. The number of nitrogens with one attached hydrogen (secondary N) is 2. The van der Waals surface area contributed by atoms with Crippen molar-refractivity contribution in [2.75, 3.05) is 11.9 Å². The van der Waals surface area contributed by atoms with Crippen molar-refractivity contribution in [1.29, 1.82) is 0 Å². The van der Waals surface area contributed by atoms with Crippen LogP contribution in [0.3, 0.4) is 0 Å². The van der Waals surface area contributed by atoms with E-state index in [1.807, 2.05) is 0 Å². The molecule has 0 atom stereocenters. The van der Waals surface area contributed by atoms with Crippen LogP contribution in [0.2, 0.25) is 0 Å². The number of phenols is 1. The van der Waals surface area contributed by atoms with Gasteiger partial charge in [-0.15, -0.1) is 0 Å². The summed E-state index contributed by atoms with van der Waals surface area (Å²) in [4.78, 5) is 22.6. The van der Waals surface area contributed by atoms with Gasteiger partial charge in [-0.1, -0.05) is 64.7 Å². The average molecular weight is 364 g/mol. The molecule has 0 aromatic heterocycles. The number of carbonyl (C=O) groups excluding carboxylic acids is 1. The van der Waals surface area contributed by atoms with Gasteiger partial charge in [-0.25, -0.2) is 9.59 Å². The zero-order valence-electron chi connectivity index (χ0n) is 15.7. The topological polar surface area (TPSA) is 98.7 Å². The molecule has 0 heterocycles. The summed E-state index contributed by atoms with van der Waals surface area (Å²) in [6, 6.07) is 3.57. The number of hydrogen-bond acceptors (Lipinski definition) is 3. The number of carboxylic acids is 1. The SMILES string of the molecule is CCCCCCCCCCCCNC(=O)Nc1ccc(C(=O)O)c(O)c1. The van der Waals surface area contributed by atoms with Crippen molar-refractivity contribution < 1.29 is 19.8 Å². The minimum atomic E-state index is -1.21. The quantitative estimate of drug-likeness (QED) is 0.364. The molecular formula is C20H32N2O4. The van der Waals surface area contributed by atoms with E-state index >= 15 is 0 Å². The van der Waals surface area contributed by atoms with Gasteiger partial charge in [0.05, 0.1) is 0 Å². The lowest BCUT2D eigenvalue weighted by Crippen LogP contribution is -2.29. The smallest absolute Gasteiger partial charge is 0.339 e. The van der Waals surface area contributed by atoms with Crippen LogP contribution < -0.4 is 10.6 Å². The molecule has 0 bridgehead atoms. The van der Waals surface area contributed by atoms with E-state index in [9.17, 15) is 14.7 Å². The van der Waals surface area contributed by atoms with Crippen molar-refractivity contribution in [3.63, 3.8) is 0 Å². The molecule has 1 aromatic rings. The summed E-state index contributed by atoms with van der Waals surface area (Å²) in [6.07, 6.45) is 12.4. The third kappa shape index (κ3) is 9.30. The summed E-state index contributed by atoms with van der Waals surface area (Å²) in [6.45, 7) is 2.83. The Hall–Kier alpha value is -2.24. The standard InChI is InChI=1S/C20H32N2O4/c1-2-3-4-5-6-7-8-9-10-11-14-21-20(26)22-16-12-13-17(19(24)25)18(23)15-16/h12-13,15,23H,2-11,14H2,1H3,(H,24,25)(H2,21,22,26). The first kappa shape index (κ1) is 21.8. The molecule has 0 aliphatic heterocycles. The molecule has 0 aliphatic carbocycles. The molecule has 0 radical (unpaired) electrons. The van der Waals surface area contributed by atoms with Gasteiger partial charge in [0.25, 0.3) is 0 Å². The molecule has 0 unspecified atom stereocenters. The highest BCUT2D eigenvalue weighted by molar-refractivity contribution is 5.93. The Morgan fingerprint density at radius 3 is 2.04 bits per heavy atom. The van der Waals surface area contributed by atoms with Crippen molar-refractivity contribution in [3.05, 3.63) is 23.8 Å². The Kier molecular flexibility index (Phi) is 10.9. The van der Waals surface area contributed by atoms with E-state index in [0.29, 0.717) is 12.2 Å². The fourth-order valence-corrected chi connectivity index (χ4v) is 2.78. The molecular weight excluding hydrogens is 332 g/mol. The number of rotatable bonds is 13. The molecule has 2 amide bonds. The van der Waals surface area contributed by atoms with Crippen LogP contribution >= 0.6 is 0 Å². The van der Waals surface area contributed by atoms with E-state index in [4.69, 9.17) is 5.11 Å². The maximum Gasteiger partial charge on any atom is 0.339 e. The lowest BCUT2D eigenvalue weighted by Gasteiger charge is -2.09. The third-order valence-electron chi connectivity index (χ3n) is 4.30. The highest BCUT2D eigenvalue weighted by Gasteiger charge is 2.10. The van der Waals surface area contributed by atoms with E-state index < -0.39 is 5.97 Å². The maximum absolute atomic E-state index is 11.8. The van der Waals surface area contributed by atoms with Crippen LogP contribution in [0.15, 0.2) is 18.2 Å². The van der Waals surface area contributed by atoms with E-state index in [-0.39, 0.29) is 17.3 Å². The lowest BCUT2D eigenvalue weighted by atomic mass is 10.1. The van der Waals surface area contributed by atoms with Crippen LogP contribution in [-0.4, -0.2) is 28.8 Å². The molecule has 6 heteroatoms. The number of hydrogen-bond donors (Lipinski definition) is 4. The molecule has 0 aliphatic rings. The van der Waals surface area contributed by atoms with Crippen LogP contribution in [-0.2, 0) is 0 Å². The Bertz CT molecular complexity index is 561. The van der Waals surface area contributed by atoms with Crippen molar-refractivity contribution in [2.24, 2.45) is 0 Å². The molecule has 146 valence electrons. The van der Waals surface area contributed by atoms with Crippen LogP contribution in [0.5, 0.6) is 5.75 Å². The summed E-state index contributed by atoms with van der Waals surface area (Å²) in [5.41, 5.74) is 0.161. The summed E-state index contributed by atoms with van der Waals surface area (Å²) >= 11 is 0. The number of anilines is 1. The van der Waals surface area contributed by atoms with Gasteiger partial charge >= 0.3 is 12.0 Å². The van der Waals surface area contributed by atoms with Crippen molar-refractivity contribution >= 4 is 17.7 Å². The summed E-state index contributed by atoms with van der Waals surface area (Å²) < 4.78 is 0. The zero-order chi connectivity index (χ0) is 19.2. The first-order valence-electron chi connectivity index (χ1n) is 9.65. The third-order valence-corrected chi connectivity index (χ3v) is 4.30. The highest BCUT2D eigenvalue weighted by Crippen LogP contribution is 2.21. The van der Waals surface area contributed by atoms with Crippen molar-refractivity contribution in [1.82, 2.24) is 5.32 Å². The Balaban J connectivity index is 2.07. The largest absolute Gasteiger partial charge is 0.507 e. The van der Waals surface area contributed by atoms with Gasteiger partial charge in [0.1, 0.15) is 11.3 Å². The number of unbranched alkanes of at least 4 members (excludes halogenated alkanes) is 9. The Labute approximate surface area is 156 Å². The van der Waals surface area contributed by atoms with E-state index in [1.165, 1.54) is 69.6 Å². The van der Waals surface area contributed by atoms with Gasteiger partial charge in [0.15, 0.2) is 0 Å². The first-order chi connectivity index (χ1) is 12.5. The predicted molar refractivity (Wildman–Crippen MR) is 104 cm³/mol. The van der Waals surface area contributed by atoms with Crippen LogP contribution in [0.4, 0.5) is 10.5 Å². The number of amides is 2. The van der Waals surface area contributed by atoms with Gasteiger partial charge in [0, 0.05) is 18.3 Å². The highest BCUT2D eigenvalue weighted by atomic mass is 16.4. The molecule has 0 saturated carbocycles. The number of carboxylic acid groups (broad SMARTS) is 1. The second kappa shape index (κ2) is 13.0. The zero-order valence-corrected chi connectivity index (χ0v) is 15.7. The monoisotopic (exact) mass is 364 g/mol. The number of aromatic hydroxyl groups is 1. The van der Waals surface area contributed by atoms with Crippen LogP contribution in [0.1, 0.15) is 81.5 Å². The normalized spacial score (nSPS) is 10.5. The Morgan fingerprint density at radius 2 is 1.50 bits per heavy atom. The lowest BCUT2D eigenvalue weighted by molar-refractivity contribution is 0.0693. The van der Waals surface area contributed by atoms with Gasteiger partial charge in [-0.2, -0.15) is 0 Å². The fourth-order valence-electron chi connectivity index (χ4n) is 2.78. The summed E-state index contributed by atoms with van der Waals surface area (Å²) in [7, 11) is 0. The summed E-state index contributed by atoms with van der Waals surface area (Å²) in [5.74, 6) is -1.58. The van der Waals surface area contributed by atoms with Gasteiger partial charge in [-0.05, 0) is 18.6 Å². The first-order valence-corrected chi connectivity index (χ1v) is 9.65. The number of benzene rings is 1. The predicted octanol–water partition coefficient (Wildman–Crippen LogP) is 5.13. The molecule has 6 nitrogen and oxygen atoms in total. The number of urea groups is 1. The number of carbonyl (C=O) groups is 2. The van der Waals surface area contributed by atoms with E-state index in [2.05, 4.69) is 17.6 Å². The van der Waals surface area contributed by atoms with E-state index in [1.54, 1.807) is 0 Å². The molecule has 1 rings (SSSR count). The average Bonchev–Trinajstić information content (AvgIpc) is 2.59. The van der Waals surface area contributed by atoms with Gasteiger partial charge in [0.2, 0.25) is 0 Å². The molecule has 0 fully saturated rings.